The fourth-order valence-corrected chi connectivity index (χ4v) is 2.83. The number of nitrogens with one attached hydrogen (secondary N) is 1. The van der Waals surface area contributed by atoms with Crippen LogP contribution in [0, 0.1) is 6.92 Å². The van der Waals surface area contributed by atoms with Crippen LogP contribution in [0.15, 0.2) is 18.2 Å². The molecular weight excluding hydrogens is 248 g/mol. The molecule has 0 saturated carbocycles. The van der Waals surface area contributed by atoms with Crippen LogP contribution in [0.5, 0.6) is 0 Å². The van der Waals surface area contributed by atoms with Crippen molar-refractivity contribution in [3.63, 3.8) is 0 Å². The number of likely N-dealkylation sites (tertiary alicyclic amines) is 1. The van der Waals surface area contributed by atoms with Crippen molar-refractivity contribution in [3.05, 3.63) is 29.3 Å². The van der Waals surface area contributed by atoms with Gasteiger partial charge in [-0.15, -0.1) is 0 Å². The molecule has 3 nitrogen and oxygen atoms in total. The van der Waals surface area contributed by atoms with Crippen LogP contribution < -0.4 is 5.32 Å². The fraction of sp³-hybridized carbons (Fsp3) is 0.588. The Morgan fingerprint density at radius 3 is 2.60 bits per heavy atom. The number of rotatable bonds is 4. The summed E-state index contributed by atoms with van der Waals surface area (Å²) < 4.78 is 0. The molecule has 1 aromatic carbocycles. The number of aryl methyl sites for hydroxylation is 1. The first-order valence-electron chi connectivity index (χ1n) is 7.70. The second-order valence-electron chi connectivity index (χ2n) is 5.99. The van der Waals surface area contributed by atoms with Gasteiger partial charge in [0, 0.05) is 18.8 Å². The lowest BCUT2D eigenvalue weighted by molar-refractivity contribution is -0.130. The lowest BCUT2D eigenvalue weighted by Crippen LogP contribution is -2.39. The lowest BCUT2D eigenvalue weighted by Gasteiger charge is -2.27. The Bertz CT molecular complexity index is 462. The van der Waals surface area contributed by atoms with Gasteiger partial charge in [0.2, 0.25) is 5.91 Å². The van der Waals surface area contributed by atoms with Crippen LogP contribution >= 0.6 is 0 Å². The SMILES string of the molecule is Cc1cccc(C(C)C)c1NCC(=O)N1CCCCC1. The van der Waals surface area contributed by atoms with E-state index in [2.05, 4.69) is 44.3 Å². The Kier molecular flexibility index (Phi) is 5.05. The summed E-state index contributed by atoms with van der Waals surface area (Å²) in [6, 6.07) is 6.33. The van der Waals surface area contributed by atoms with E-state index in [9.17, 15) is 4.79 Å². The number of hydrogen-bond donors (Lipinski definition) is 1. The van der Waals surface area contributed by atoms with Crippen LogP contribution in [0.2, 0.25) is 0 Å². The summed E-state index contributed by atoms with van der Waals surface area (Å²) in [6.07, 6.45) is 3.55. The zero-order valence-electron chi connectivity index (χ0n) is 12.9. The Labute approximate surface area is 122 Å². The van der Waals surface area contributed by atoms with Crippen LogP contribution in [0.25, 0.3) is 0 Å². The summed E-state index contributed by atoms with van der Waals surface area (Å²) in [6.45, 7) is 8.72. The molecule has 3 heteroatoms. The van der Waals surface area contributed by atoms with Gasteiger partial charge in [-0.25, -0.2) is 0 Å². The van der Waals surface area contributed by atoms with E-state index in [-0.39, 0.29) is 5.91 Å². The van der Waals surface area contributed by atoms with Crippen LogP contribution in [-0.4, -0.2) is 30.4 Å². The molecule has 2 rings (SSSR count). The zero-order valence-corrected chi connectivity index (χ0v) is 12.9. The molecule has 1 N–H and O–H groups in total. The van der Waals surface area contributed by atoms with Gasteiger partial charge in [0.15, 0.2) is 0 Å². The molecule has 0 aliphatic carbocycles. The third kappa shape index (κ3) is 3.53. The number of carbonyl (C=O) groups excluding carboxylic acids is 1. The quantitative estimate of drug-likeness (QED) is 0.910. The summed E-state index contributed by atoms with van der Waals surface area (Å²) in [5, 5.41) is 3.37. The van der Waals surface area contributed by atoms with Crippen molar-refractivity contribution < 1.29 is 4.79 Å². The maximum atomic E-state index is 12.2. The number of anilines is 1. The molecule has 0 radical (unpaired) electrons. The van der Waals surface area contributed by atoms with Crippen molar-refractivity contribution >= 4 is 11.6 Å². The number of benzene rings is 1. The topological polar surface area (TPSA) is 32.3 Å². The number of piperidine rings is 1. The second-order valence-corrected chi connectivity index (χ2v) is 5.99. The molecule has 0 unspecified atom stereocenters. The monoisotopic (exact) mass is 274 g/mol. The first-order chi connectivity index (χ1) is 9.59. The van der Waals surface area contributed by atoms with Crippen LogP contribution in [0.1, 0.15) is 50.2 Å². The van der Waals surface area contributed by atoms with E-state index in [4.69, 9.17) is 0 Å². The van der Waals surface area contributed by atoms with Gasteiger partial charge in [-0.05, 0) is 43.2 Å². The van der Waals surface area contributed by atoms with E-state index in [1.165, 1.54) is 17.5 Å². The van der Waals surface area contributed by atoms with Crippen molar-refractivity contribution in [1.82, 2.24) is 4.90 Å². The number of para-hydroxylation sites is 1. The third-order valence-corrected chi connectivity index (χ3v) is 4.05. The number of nitrogens with zero attached hydrogens (tertiary/aromatic N) is 1. The average molecular weight is 274 g/mol. The minimum atomic E-state index is 0.225. The molecule has 0 atom stereocenters. The van der Waals surface area contributed by atoms with Gasteiger partial charge in [0.25, 0.3) is 0 Å². The van der Waals surface area contributed by atoms with E-state index >= 15 is 0 Å². The van der Waals surface area contributed by atoms with E-state index in [0.29, 0.717) is 12.5 Å². The summed E-state index contributed by atoms with van der Waals surface area (Å²) in [5.74, 6) is 0.685. The normalized spacial score (nSPS) is 15.5. The largest absolute Gasteiger partial charge is 0.376 e. The van der Waals surface area contributed by atoms with E-state index < -0.39 is 0 Å². The van der Waals surface area contributed by atoms with Crippen LogP contribution in [0.4, 0.5) is 5.69 Å². The van der Waals surface area contributed by atoms with Gasteiger partial charge < -0.3 is 10.2 Å². The molecule has 1 aromatic rings. The molecule has 110 valence electrons. The second kappa shape index (κ2) is 6.78. The van der Waals surface area contributed by atoms with Crippen molar-refractivity contribution in [3.8, 4) is 0 Å². The molecule has 0 aromatic heterocycles. The highest BCUT2D eigenvalue weighted by molar-refractivity contribution is 5.81. The Morgan fingerprint density at radius 1 is 1.25 bits per heavy atom. The molecule has 0 spiro atoms. The fourth-order valence-electron chi connectivity index (χ4n) is 2.83. The van der Waals surface area contributed by atoms with Gasteiger partial charge >= 0.3 is 0 Å². The number of carbonyl (C=O) groups is 1. The first-order valence-corrected chi connectivity index (χ1v) is 7.70. The van der Waals surface area contributed by atoms with E-state index in [1.54, 1.807) is 0 Å². The molecule has 1 saturated heterocycles. The molecule has 0 bridgehead atoms. The van der Waals surface area contributed by atoms with Gasteiger partial charge in [-0.3, -0.25) is 4.79 Å². The minimum Gasteiger partial charge on any atom is -0.376 e. The summed E-state index contributed by atoms with van der Waals surface area (Å²) in [5.41, 5.74) is 3.63. The van der Waals surface area contributed by atoms with Crippen LogP contribution in [0.3, 0.4) is 0 Å². The van der Waals surface area contributed by atoms with Crippen LogP contribution in [-0.2, 0) is 4.79 Å². The summed E-state index contributed by atoms with van der Waals surface area (Å²) >= 11 is 0. The van der Waals surface area contributed by atoms with Crippen molar-refractivity contribution in [2.45, 2.75) is 46.0 Å². The Hall–Kier alpha value is -1.51. The summed E-state index contributed by atoms with van der Waals surface area (Å²) in [4.78, 5) is 14.2. The standard InChI is InChI=1S/C17H26N2O/c1-13(2)15-9-7-8-14(3)17(15)18-12-16(20)19-10-5-4-6-11-19/h7-9,13,18H,4-6,10-12H2,1-3H3. The first kappa shape index (κ1) is 14.9. The maximum absolute atomic E-state index is 12.2. The molecule has 1 aliphatic rings. The van der Waals surface area contributed by atoms with Gasteiger partial charge in [-0.1, -0.05) is 32.0 Å². The highest BCUT2D eigenvalue weighted by Crippen LogP contribution is 2.27. The van der Waals surface area contributed by atoms with Gasteiger partial charge in [0.1, 0.15) is 0 Å². The number of hydrogen-bond acceptors (Lipinski definition) is 2. The zero-order chi connectivity index (χ0) is 14.5. The predicted molar refractivity (Wildman–Crippen MR) is 84.2 cm³/mol. The predicted octanol–water partition coefficient (Wildman–Crippen LogP) is 3.54. The number of amides is 1. The highest BCUT2D eigenvalue weighted by atomic mass is 16.2. The molecule has 20 heavy (non-hydrogen) atoms. The molecule has 1 amide bonds. The van der Waals surface area contributed by atoms with Crippen molar-refractivity contribution in [2.75, 3.05) is 25.0 Å². The average Bonchev–Trinajstić information content (AvgIpc) is 2.46. The minimum absolute atomic E-state index is 0.225. The smallest absolute Gasteiger partial charge is 0.241 e. The molecule has 1 heterocycles. The van der Waals surface area contributed by atoms with Crippen molar-refractivity contribution in [2.24, 2.45) is 0 Å². The molecule has 1 aliphatic heterocycles. The Morgan fingerprint density at radius 2 is 1.95 bits per heavy atom. The van der Waals surface area contributed by atoms with E-state index in [1.807, 2.05) is 4.90 Å². The van der Waals surface area contributed by atoms with Gasteiger partial charge in [-0.2, -0.15) is 0 Å². The van der Waals surface area contributed by atoms with E-state index in [0.717, 1.165) is 31.6 Å². The molecule has 1 fully saturated rings. The van der Waals surface area contributed by atoms with Crippen molar-refractivity contribution in [1.29, 1.82) is 0 Å². The summed E-state index contributed by atoms with van der Waals surface area (Å²) in [7, 11) is 0. The van der Waals surface area contributed by atoms with Gasteiger partial charge in [0.05, 0.1) is 6.54 Å². The highest BCUT2D eigenvalue weighted by Gasteiger charge is 2.17. The maximum Gasteiger partial charge on any atom is 0.241 e. The molecular formula is C17H26N2O. The Balaban J connectivity index is 2.01. The third-order valence-electron chi connectivity index (χ3n) is 4.05. The lowest BCUT2D eigenvalue weighted by atomic mass is 9.98.